The van der Waals surface area contributed by atoms with Crippen LogP contribution in [0.2, 0.25) is 5.15 Å². The fourth-order valence-corrected chi connectivity index (χ4v) is 1.28. The molecule has 0 amide bonds. The molecule has 0 aromatic carbocycles. The zero-order valence-electron chi connectivity index (χ0n) is 8.17. The molecule has 84 valence electrons. The van der Waals surface area contributed by atoms with Crippen LogP contribution in [0.5, 0.6) is 11.8 Å². The average molecular weight is 241 g/mol. The molecule has 2 aromatic heterocycles. The molecule has 0 aliphatic carbocycles. The summed E-state index contributed by atoms with van der Waals surface area (Å²) in [5.41, 5.74) is 0.775. The first-order chi connectivity index (χ1) is 7.66. The Hall–Kier alpha value is -1.88. The van der Waals surface area contributed by atoms with Crippen LogP contribution in [-0.4, -0.2) is 19.9 Å². The van der Waals surface area contributed by atoms with E-state index in [0.717, 1.165) is 10.3 Å². The SMILES string of the molecule is Oc1ccc(O)n1OCc1ccc(Cl)nc1. The van der Waals surface area contributed by atoms with E-state index in [0.29, 0.717) is 5.15 Å². The second-order valence-corrected chi connectivity index (χ2v) is 3.49. The molecule has 0 atom stereocenters. The minimum absolute atomic E-state index is 0.167. The number of nitrogens with zero attached hydrogens (tertiary/aromatic N) is 2. The van der Waals surface area contributed by atoms with Gasteiger partial charge < -0.3 is 15.1 Å². The maximum Gasteiger partial charge on any atom is 0.229 e. The first-order valence-electron chi connectivity index (χ1n) is 4.50. The Bertz CT molecular complexity index is 462. The van der Waals surface area contributed by atoms with Gasteiger partial charge in [0.2, 0.25) is 11.8 Å². The fraction of sp³-hybridized carbons (Fsp3) is 0.100. The van der Waals surface area contributed by atoms with Gasteiger partial charge in [0.25, 0.3) is 0 Å². The van der Waals surface area contributed by atoms with Gasteiger partial charge in [-0.3, -0.25) is 0 Å². The van der Waals surface area contributed by atoms with Gasteiger partial charge in [0, 0.05) is 23.9 Å². The second kappa shape index (κ2) is 4.32. The van der Waals surface area contributed by atoms with Gasteiger partial charge in [-0.2, -0.15) is 0 Å². The van der Waals surface area contributed by atoms with Crippen molar-refractivity contribution in [3.63, 3.8) is 0 Å². The number of aromatic nitrogens is 2. The quantitative estimate of drug-likeness (QED) is 0.800. The molecule has 0 saturated carbocycles. The van der Waals surface area contributed by atoms with Crippen molar-refractivity contribution in [1.82, 2.24) is 9.71 Å². The summed E-state index contributed by atoms with van der Waals surface area (Å²) in [4.78, 5) is 9.04. The lowest BCUT2D eigenvalue weighted by Gasteiger charge is -2.08. The Kier molecular flexibility index (Phi) is 2.87. The zero-order valence-corrected chi connectivity index (χ0v) is 8.92. The zero-order chi connectivity index (χ0) is 11.5. The van der Waals surface area contributed by atoms with Crippen molar-refractivity contribution in [3.05, 3.63) is 41.2 Å². The van der Waals surface area contributed by atoms with E-state index in [1.807, 2.05) is 0 Å². The Morgan fingerprint density at radius 3 is 2.44 bits per heavy atom. The Morgan fingerprint density at radius 2 is 1.88 bits per heavy atom. The van der Waals surface area contributed by atoms with E-state index < -0.39 is 0 Å². The summed E-state index contributed by atoms with van der Waals surface area (Å²) >= 11 is 5.62. The Labute approximate surface area is 96.5 Å². The van der Waals surface area contributed by atoms with Crippen molar-refractivity contribution in [3.8, 4) is 11.8 Å². The third-order valence-electron chi connectivity index (χ3n) is 1.95. The van der Waals surface area contributed by atoms with Crippen LogP contribution in [-0.2, 0) is 6.61 Å². The van der Waals surface area contributed by atoms with Gasteiger partial charge in [0.05, 0.1) is 0 Å². The molecule has 0 aliphatic heterocycles. The van der Waals surface area contributed by atoms with Crippen molar-refractivity contribution < 1.29 is 15.1 Å². The molecule has 6 heteroatoms. The van der Waals surface area contributed by atoms with E-state index >= 15 is 0 Å². The van der Waals surface area contributed by atoms with Crippen molar-refractivity contribution in [2.24, 2.45) is 0 Å². The van der Waals surface area contributed by atoms with Gasteiger partial charge in [0.15, 0.2) is 0 Å². The van der Waals surface area contributed by atoms with E-state index in [9.17, 15) is 10.2 Å². The maximum atomic E-state index is 9.29. The third-order valence-corrected chi connectivity index (χ3v) is 2.17. The largest absolute Gasteiger partial charge is 0.492 e. The van der Waals surface area contributed by atoms with Crippen LogP contribution in [0.4, 0.5) is 0 Å². The van der Waals surface area contributed by atoms with Crippen LogP contribution >= 0.6 is 11.6 Å². The van der Waals surface area contributed by atoms with Crippen molar-refractivity contribution >= 4 is 11.6 Å². The number of hydrogen-bond acceptors (Lipinski definition) is 4. The van der Waals surface area contributed by atoms with Crippen LogP contribution in [0.1, 0.15) is 5.56 Å². The maximum absolute atomic E-state index is 9.29. The highest BCUT2D eigenvalue weighted by Gasteiger charge is 2.06. The number of pyridine rings is 1. The van der Waals surface area contributed by atoms with Crippen LogP contribution in [0.25, 0.3) is 0 Å². The molecule has 2 aromatic rings. The van der Waals surface area contributed by atoms with Crippen LogP contribution in [0.15, 0.2) is 30.5 Å². The van der Waals surface area contributed by atoms with E-state index in [4.69, 9.17) is 16.4 Å². The third kappa shape index (κ3) is 2.20. The molecule has 2 heterocycles. The molecule has 0 bridgehead atoms. The van der Waals surface area contributed by atoms with Gasteiger partial charge in [0.1, 0.15) is 11.8 Å². The van der Waals surface area contributed by atoms with Crippen molar-refractivity contribution in [1.29, 1.82) is 0 Å². The standard InChI is InChI=1S/C10H9ClN2O3/c11-8-2-1-7(5-12-8)6-16-13-9(14)3-4-10(13)15/h1-5,14-15H,6H2. The summed E-state index contributed by atoms with van der Waals surface area (Å²) in [7, 11) is 0. The lowest BCUT2D eigenvalue weighted by Crippen LogP contribution is -2.10. The lowest BCUT2D eigenvalue weighted by atomic mass is 10.3. The first-order valence-corrected chi connectivity index (χ1v) is 4.88. The number of halogens is 1. The summed E-state index contributed by atoms with van der Waals surface area (Å²) < 4.78 is 0.925. The average Bonchev–Trinajstić information content (AvgIpc) is 2.59. The molecule has 0 unspecified atom stereocenters. The molecular weight excluding hydrogens is 232 g/mol. The second-order valence-electron chi connectivity index (χ2n) is 3.11. The van der Waals surface area contributed by atoms with Crippen LogP contribution < -0.4 is 4.84 Å². The highest BCUT2D eigenvalue weighted by atomic mass is 35.5. The van der Waals surface area contributed by atoms with Gasteiger partial charge in [-0.25, -0.2) is 4.98 Å². The topological polar surface area (TPSA) is 67.5 Å². The summed E-state index contributed by atoms with van der Waals surface area (Å²) in [6.07, 6.45) is 1.56. The molecule has 0 fully saturated rings. The summed E-state index contributed by atoms with van der Waals surface area (Å²) in [5, 5.41) is 19.0. The van der Waals surface area contributed by atoms with Crippen LogP contribution in [0, 0.1) is 0 Å². The fourth-order valence-electron chi connectivity index (χ4n) is 1.17. The summed E-state index contributed by atoms with van der Waals surface area (Å²) in [6, 6.07) is 6.04. The molecule has 0 spiro atoms. The predicted octanol–water partition coefficient (Wildman–Crippen LogP) is 1.58. The van der Waals surface area contributed by atoms with Gasteiger partial charge in [-0.1, -0.05) is 17.7 Å². The molecule has 2 N–H and O–H groups in total. The van der Waals surface area contributed by atoms with Gasteiger partial charge >= 0.3 is 0 Å². The van der Waals surface area contributed by atoms with E-state index in [-0.39, 0.29) is 18.4 Å². The van der Waals surface area contributed by atoms with Crippen molar-refractivity contribution in [2.45, 2.75) is 6.61 Å². The normalized spacial score (nSPS) is 10.3. The Balaban J connectivity index is 2.05. The van der Waals surface area contributed by atoms with E-state index in [1.165, 1.54) is 12.1 Å². The number of rotatable bonds is 3. The summed E-state index contributed by atoms with van der Waals surface area (Å²) in [6.45, 7) is 0.167. The molecule has 5 nitrogen and oxygen atoms in total. The molecular formula is C10H9ClN2O3. The number of aromatic hydroxyl groups is 2. The molecule has 0 radical (unpaired) electrons. The lowest BCUT2D eigenvalue weighted by molar-refractivity contribution is 0.0642. The number of hydrogen-bond donors (Lipinski definition) is 2. The molecule has 0 aliphatic rings. The van der Waals surface area contributed by atoms with Gasteiger partial charge in [-0.15, -0.1) is 4.73 Å². The van der Waals surface area contributed by atoms with Crippen molar-refractivity contribution in [2.75, 3.05) is 0 Å². The first kappa shape index (κ1) is 10.6. The molecule has 0 saturated heterocycles. The van der Waals surface area contributed by atoms with E-state index in [1.54, 1.807) is 18.3 Å². The van der Waals surface area contributed by atoms with E-state index in [2.05, 4.69) is 4.98 Å². The van der Waals surface area contributed by atoms with Crippen LogP contribution in [0.3, 0.4) is 0 Å². The highest BCUT2D eigenvalue weighted by molar-refractivity contribution is 6.29. The smallest absolute Gasteiger partial charge is 0.229 e. The highest BCUT2D eigenvalue weighted by Crippen LogP contribution is 2.19. The monoisotopic (exact) mass is 240 g/mol. The Morgan fingerprint density at radius 1 is 1.19 bits per heavy atom. The minimum Gasteiger partial charge on any atom is -0.492 e. The molecule has 16 heavy (non-hydrogen) atoms. The van der Waals surface area contributed by atoms with Gasteiger partial charge in [-0.05, 0) is 6.07 Å². The summed E-state index contributed by atoms with van der Waals surface area (Å²) in [5.74, 6) is -0.334. The molecule has 2 rings (SSSR count). The predicted molar refractivity (Wildman–Crippen MR) is 57.3 cm³/mol. The minimum atomic E-state index is -0.167.